The fourth-order valence-electron chi connectivity index (χ4n) is 2.69. The average molecular weight is 377 g/mol. The predicted octanol–water partition coefficient (Wildman–Crippen LogP) is 2.23. The zero-order chi connectivity index (χ0) is 20.0. The van der Waals surface area contributed by atoms with Gasteiger partial charge in [-0.2, -0.15) is 0 Å². The monoisotopic (exact) mass is 377 g/mol. The number of alkyl halides is 2. The molecule has 0 saturated heterocycles. The lowest BCUT2D eigenvalue weighted by Gasteiger charge is -2.23. The van der Waals surface area contributed by atoms with Crippen molar-refractivity contribution in [1.82, 2.24) is 10.6 Å². The topological polar surface area (TPSA) is 84.2 Å². The maximum absolute atomic E-state index is 13.2. The molecule has 27 heavy (non-hydrogen) atoms. The second-order valence-corrected chi connectivity index (χ2v) is 6.93. The molecular formula is C20H25F2N3O2. The summed E-state index contributed by atoms with van der Waals surface area (Å²) in [6.45, 7) is 1.77. The van der Waals surface area contributed by atoms with Crippen LogP contribution in [0.2, 0.25) is 0 Å². The van der Waals surface area contributed by atoms with Crippen molar-refractivity contribution in [3.8, 4) is 0 Å². The fraction of sp³-hybridized carbons (Fsp3) is 0.400. The van der Waals surface area contributed by atoms with E-state index in [0.717, 1.165) is 16.3 Å². The molecule has 0 aliphatic carbocycles. The number of nitrogens with two attached hydrogens (primary N) is 1. The van der Waals surface area contributed by atoms with E-state index in [0.29, 0.717) is 0 Å². The molecule has 0 bridgehead atoms. The Balaban J connectivity index is 2.00. The summed E-state index contributed by atoms with van der Waals surface area (Å²) < 4.78 is 26.5. The molecule has 7 heteroatoms. The molecule has 0 aromatic heterocycles. The first-order valence-electron chi connectivity index (χ1n) is 8.84. The van der Waals surface area contributed by atoms with Gasteiger partial charge in [0.1, 0.15) is 6.04 Å². The smallest absolute Gasteiger partial charge is 0.277 e. The minimum atomic E-state index is -3.17. The highest BCUT2D eigenvalue weighted by Gasteiger charge is 2.30. The molecule has 2 aromatic carbocycles. The average Bonchev–Trinajstić information content (AvgIpc) is 2.64. The van der Waals surface area contributed by atoms with Gasteiger partial charge >= 0.3 is 0 Å². The van der Waals surface area contributed by atoms with Gasteiger partial charge in [0, 0.05) is 0 Å². The summed E-state index contributed by atoms with van der Waals surface area (Å²) in [6, 6.07) is 12.6. The minimum Gasteiger partial charge on any atom is -0.348 e. The highest BCUT2D eigenvalue weighted by Crippen LogP contribution is 2.16. The number of nitrogens with one attached hydrogen (secondary N) is 2. The van der Waals surface area contributed by atoms with Gasteiger partial charge in [-0.1, -0.05) is 56.3 Å². The quantitative estimate of drug-likeness (QED) is 0.660. The van der Waals surface area contributed by atoms with Crippen LogP contribution >= 0.6 is 0 Å². The van der Waals surface area contributed by atoms with Crippen LogP contribution in [0.15, 0.2) is 42.5 Å². The molecule has 0 saturated carbocycles. The van der Waals surface area contributed by atoms with Crippen molar-refractivity contribution in [3.63, 3.8) is 0 Å². The maximum Gasteiger partial charge on any atom is 0.277 e. The second kappa shape index (κ2) is 8.90. The van der Waals surface area contributed by atoms with Crippen molar-refractivity contribution >= 4 is 22.6 Å². The van der Waals surface area contributed by atoms with Crippen LogP contribution in [0, 0.1) is 5.92 Å². The van der Waals surface area contributed by atoms with E-state index in [1.165, 1.54) is 0 Å². The molecule has 0 fully saturated rings. The summed E-state index contributed by atoms with van der Waals surface area (Å²) >= 11 is 0. The molecule has 0 radical (unpaired) electrons. The number of amides is 2. The zero-order valence-electron chi connectivity index (χ0n) is 15.5. The van der Waals surface area contributed by atoms with Crippen LogP contribution in [-0.4, -0.2) is 36.9 Å². The Bertz CT molecular complexity index is 809. The molecule has 0 aliphatic rings. The van der Waals surface area contributed by atoms with E-state index in [2.05, 4.69) is 10.6 Å². The van der Waals surface area contributed by atoms with Gasteiger partial charge in [-0.25, -0.2) is 8.78 Å². The van der Waals surface area contributed by atoms with Crippen molar-refractivity contribution in [2.24, 2.45) is 11.7 Å². The van der Waals surface area contributed by atoms with Gasteiger partial charge in [-0.05, 0) is 22.3 Å². The van der Waals surface area contributed by atoms with Gasteiger partial charge in [-0.3, -0.25) is 9.59 Å². The maximum atomic E-state index is 13.2. The highest BCUT2D eigenvalue weighted by molar-refractivity contribution is 5.89. The Morgan fingerprint density at radius 1 is 1.11 bits per heavy atom. The Labute approximate surface area is 157 Å². The fourth-order valence-corrected chi connectivity index (χ4v) is 2.69. The standard InChI is InChI=1S/C20H25F2N3O2/c1-13(2)18(19(27)24-12-20(21,22)11-23)25-17(26)10-14-7-8-15-5-3-4-6-16(15)9-14/h3-9,13,18H,10-12,23H2,1-2H3,(H,24,27)(H,25,26). The molecule has 0 spiro atoms. The third kappa shape index (κ3) is 5.99. The molecule has 4 N–H and O–H groups in total. The SMILES string of the molecule is CC(C)C(NC(=O)Cc1ccc2ccccc2c1)C(=O)NCC(F)(F)CN. The van der Waals surface area contributed by atoms with Crippen LogP contribution in [0.3, 0.4) is 0 Å². The highest BCUT2D eigenvalue weighted by atomic mass is 19.3. The lowest BCUT2D eigenvalue weighted by Crippen LogP contribution is -2.52. The summed E-state index contributed by atoms with van der Waals surface area (Å²) in [5.41, 5.74) is 5.77. The van der Waals surface area contributed by atoms with Crippen LogP contribution in [0.1, 0.15) is 19.4 Å². The van der Waals surface area contributed by atoms with Crippen molar-refractivity contribution in [2.45, 2.75) is 32.2 Å². The number of hydrogen-bond acceptors (Lipinski definition) is 3. The van der Waals surface area contributed by atoms with Crippen LogP contribution < -0.4 is 16.4 Å². The molecular weight excluding hydrogens is 352 g/mol. The summed E-state index contributed by atoms with van der Waals surface area (Å²) in [5, 5.41) is 6.89. The summed E-state index contributed by atoms with van der Waals surface area (Å²) in [7, 11) is 0. The Kier molecular flexibility index (Phi) is 6.85. The van der Waals surface area contributed by atoms with Crippen molar-refractivity contribution < 1.29 is 18.4 Å². The number of benzene rings is 2. The van der Waals surface area contributed by atoms with Crippen LogP contribution in [-0.2, 0) is 16.0 Å². The Hall–Kier alpha value is -2.54. The third-order valence-corrected chi connectivity index (χ3v) is 4.26. The van der Waals surface area contributed by atoms with Crippen LogP contribution in [0.4, 0.5) is 8.78 Å². The van der Waals surface area contributed by atoms with Gasteiger partial charge in [0.05, 0.1) is 19.5 Å². The molecule has 0 heterocycles. The first-order chi connectivity index (χ1) is 12.7. The van der Waals surface area contributed by atoms with E-state index < -0.39 is 31.0 Å². The number of hydrogen-bond donors (Lipinski definition) is 3. The van der Waals surface area contributed by atoms with Crippen molar-refractivity contribution in [2.75, 3.05) is 13.1 Å². The van der Waals surface area contributed by atoms with Gasteiger partial charge in [0.2, 0.25) is 11.8 Å². The van der Waals surface area contributed by atoms with E-state index in [-0.39, 0.29) is 18.2 Å². The Morgan fingerprint density at radius 3 is 2.41 bits per heavy atom. The molecule has 2 rings (SSSR count). The van der Waals surface area contributed by atoms with Crippen molar-refractivity contribution in [3.05, 3.63) is 48.0 Å². The summed E-state index contributed by atoms with van der Waals surface area (Å²) in [4.78, 5) is 24.6. The van der Waals surface area contributed by atoms with E-state index in [1.807, 2.05) is 42.5 Å². The summed E-state index contributed by atoms with van der Waals surface area (Å²) in [6.07, 6.45) is 0.0975. The number of fused-ring (bicyclic) bond motifs is 1. The van der Waals surface area contributed by atoms with Gasteiger partial charge in [-0.15, -0.1) is 0 Å². The predicted molar refractivity (Wildman–Crippen MR) is 101 cm³/mol. The normalized spacial score (nSPS) is 12.8. The molecule has 146 valence electrons. The minimum absolute atomic E-state index is 0.0975. The van der Waals surface area contributed by atoms with Gasteiger partial charge in [0.25, 0.3) is 5.92 Å². The molecule has 2 aromatic rings. The van der Waals surface area contributed by atoms with Gasteiger partial charge < -0.3 is 16.4 Å². The van der Waals surface area contributed by atoms with Crippen molar-refractivity contribution in [1.29, 1.82) is 0 Å². The van der Waals surface area contributed by atoms with E-state index in [4.69, 9.17) is 5.73 Å². The number of carbonyl (C=O) groups is 2. The zero-order valence-corrected chi connectivity index (χ0v) is 15.5. The third-order valence-electron chi connectivity index (χ3n) is 4.26. The molecule has 5 nitrogen and oxygen atoms in total. The van der Waals surface area contributed by atoms with Crippen LogP contribution in [0.25, 0.3) is 10.8 Å². The van der Waals surface area contributed by atoms with E-state index in [1.54, 1.807) is 13.8 Å². The number of carbonyl (C=O) groups excluding carboxylic acids is 2. The van der Waals surface area contributed by atoms with Crippen LogP contribution in [0.5, 0.6) is 0 Å². The Morgan fingerprint density at radius 2 is 1.78 bits per heavy atom. The number of rotatable bonds is 8. The molecule has 1 unspecified atom stereocenters. The first kappa shape index (κ1) is 20.8. The largest absolute Gasteiger partial charge is 0.348 e. The molecule has 2 amide bonds. The summed E-state index contributed by atoms with van der Waals surface area (Å²) in [5.74, 6) is -4.42. The first-order valence-corrected chi connectivity index (χ1v) is 8.84. The van der Waals surface area contributed by atoms with E-state index in [9.17, 15) is 18.4 Å². The molecule has 1 atom stereocenters. The van der Waals surface area contributed by atoms with Gasteiger partial charge in [0.15, 0.2) is 0 Å². The number of halogens is 2. The lowest BCUT2D eigenvalue weighted by atomic mass is 10.0. The lowest BCUT2D eigenvalue weighted by molar-refractivity contribution is -0.130. The second-order valence-electron chi connectivity index (χ2n) is 6.93. The van der Waals surface area contributed by atoms with E-state index >= 15 is 0 Å². The molecule has 0 aliphatic heterocycles.